The number of halogens is 2. The zero-order chi connectivity index (χ0) is 32.7. The van der Waals surface area contributed by atoms with E-state index in [0.717, 1.165) is 21.7 Å². The number of hydrogen-bond donors (Lipinski definition) is 4. The van der Waals surface area contributed by atoms with Crippen LogP contribution in [0, 0.1) is 0 Å². The quantitative estimate of drug-likeness (QED) is 0.278. The number of aromatic nitrogens is 1. The van der Waals surface area contributed by atoms with Crippen LogP contribution >= 0.6 is 35.0 Å². The molecule has 3 aromatic rings. The summed E-state index contributed by atoms with van der Waals surface area (Å²) in [4.78, 5) is 50.2. The van der Waals surface area contributed by atoms with Crippen LogP contribution in [0.1, 0.15) is 30.7 Å². The first kappa shape index (κ1) is 32.2. The number of benzene rings is 2. The Morgan fingerprint density at radius 1 is 1.20 bits per heavy atom. The number of pyridine rings is 1. The summed E-state index contributed by atoms with van der Waals surface area (Å²) in [6.45, 7) is 4.30. The van der Waals surface area contributed by atoms with Crippen LogP contribution in [0.2, 0.25) is 10.0 Å². The molecule has 2 aromatic carbocycles. The minimum Gasteiger partial charge on any atom is -0.506 e. The van der Waals surface area contributed by atoms with E-state index in [1.54, 1.807) is 44.1 Å². The number of hydrogen-bond acceptors (Lipinski definition) is 9. The number of hydrazine groups is 1. The van der Waals surface area contributed by atoms with Gasteiger partial charge in [0.05, 0.1) is 35.0 Å². The molecule has 3 aliphatic heterocycles. The van der Waals surface area contributed by atoms with Crippen molar-refractivity contribution in [2.24, 2.45) is 5.73 Å². The maximum Gasteiger partial charge on any atom is 0.332 e. The fourth-order valence-electron chi connectivity index (χ4n) is 6.14. The van der Waals surface area contributed by atoms with Crippen molar-refractivity contribution >= 4 is 58.5 Å². The fourth-order valence-corrected chi connectivity index (χ4v) is 7.38. The molecule has 6 rings (SSSR count). The second-order valence-electron chi connectivity index (χ2n) is 11.6. The first-order chi connectivity index (χ1) is 22.0. The highest BCUT2D eigenvalue weighted by Gasteiger charge is 2.52. The fraction of sp³-hybridized carbons (Fsp3) is 0.355. The van der Waals surface area contributed by atoms with E-state index >= 15 is 0 Å². The molecule has 0 spiro atoms. The third-order valence-corrected chi connectivity index (χ3v) is 9.90. The number of carbonyl (C=O) groups is 3. The van der Waals surface area contributed by atoms with E-state index in [1.807, 2.05) is 32.0 Å². The molecule has 1 unspecified atom stereocenters. The topological polar surface area (TPSA) is 147 Å². The van der Waals surface area contributed by atoms with E-state index in [-0.39, 0.29) is 61.7 Å². The average molecular weight is 686 g/mol. The van der Waals surface area contributed by atoms with Gasteiger partial charge in [0.15, 0.2) is 0 Å². The third-order valence-electron chi connectivity index (χ3n) is 8.19. The lowest BCUT2D eigenvalue weighted by Gasteiger charge is -2.47. The first-order valence-electron chi connectivity index (χ1n) is 14.8. The van der Waals surface area contributed by atoms with Gasteiger partial charge in [0, 0.05) is 36.1 Å². The largest absolute Gasteiger partial charge is 0.506 e. The molecule has 0 radical (unpaired) electrons. The summed E-state index contributed by atoms with van der Waals surface area (Å²) < 4.78 is 0. The molecule has 5 N–H and O–H groups in total. The summed E-state index contributed by atoms with van der Waals surface area (Å²) in [5.74, 6) is -0.494. The number of anilines is 1. The lowest BCUT2D eigenvalue weighted by Crippen LogP contribution is -2.66. The van der Waals surface area contributed by atoms with Crippen molar-refractivity contribution < 1.29 is 19.5 Å². The second kappa shape index (κ2) is 13.2. The molecule has 4 heterocycles. The number of nitrogens with zero attached hydrogens (tertiary/aromatic N) is 5. The second-order valence-corrected chi connectivity index (χ2v) is 13.6. The van der Waals surface area contributed by atoms with Gasteiger partial charge >= 0.3 is 6.03 Å². The maximum absolute atomic E-state index is 14.2. The summed E-state index contributed by atoms with van der Waals surface area (Å²) in [6, 6.07) is 12.6. The molecule has 0 saturated carbocycles. The lowest BCUT2D eigenvalue weighted by atomic mass is 10.0. The summed E-state index contributed by atoms with van der Waals surface area (Å²) in [6.07, 6.45) is 0.837. The minimum atomic E-state index is -0.872. The van der Waals surface area contributed by atoms with Gasteiger partial charge in [0.1, 0.15) is 23.5 Å². The molecule has 12 nitrogen and oxygen atoms in total. The molecule has 2 fully saturated rings. The smallest absolute Gasteiger partial charge is 0.332 e. The van der Waals surface area contributed by atoms with E-state index < -0.39 is 18.2 Å². The third kappa shape index (κ3) is 6.42. The first-order valence-corrected chi connectivity index (χ1v) is 16.5. The van der Waals surface area contributed by atoms with Crippen LogP contribution in [-0.2, 0) is 29.1 Å². The van der Waals surface area contributed by atoms with E-state index in [4.69, 9.17) is 28.9 Å². The van der Waals surface area contributed by atoms with Gasteiger partial charge in [-0.3, -0.25) is 19.6 Å². The monoisotopic (exact) mass is 684 g/mol. The highest BCUT2D eigenvalue weighted by molar-refractivity contribution is 8.00. The van der Waals surface area contributed by atoms with Crippen molar-refractivity contribution in [1.82, 2.24) is 30.1 Å². The number of nitrogens with one attached hydrogen (secondary N) is 2. The SMILES string of the molecule is CC(C)N(C(=O)NCc1ccc(Cl)c(Cl)c1)N1CC(=O)N2[C@@H](Cc3ccc(O)cn3)C(=O)N(Cc3cccc4c3NC(N)S4)C[C@@H]21. The molecular weight excluding hydrogens is 651 g/mol. The summed E-state index contributed by atoms with van der Waals surface area (Å²) in [7, 11) is 0. The summed E-state index contributed by atoms with van der Waals surface area (Å²) in [5.41, 5.74) is 8.95. The van der Waals surface area contributed by atoms with Crippen molar-refractivity contribution in [2.45, 2.75) is 62.0 Å². The highest BCUT2D eigenvalue weighted by Crippen LogP contribution is 2.40. The van der Waals surface area contributed by atoms with E-state index in [0.29, 0.717) is 15.7 Å². The number of rotatable bonds is 8. The predicted molar refractivity (Wildman–Crippen MR) is 176 cm³/mol. The van der Waals surface area contributed by atoms with Crippen molar-refractivity contribution in [3.63, 3.8) is 0 Å². The molecule has 3 atom stereocenters. The standard InChI is InChI=1S/C31H34Cl2N8O4S/c1-17(2)41(31(45)36-12-18-6-9-22(32)23(33)10-18)39-16-27(43)40-24(11-20-7-8-21(42)13-35-20)29(44)38(15-26(39)40)14-19-4-3-5-25-28(19)37-30(34)46-25/h3-10,13,17,24,26,30,37,42H,11-12,14-16,34H2,1-2H3,(H,36,45)/t24-,26+,30?/m0/s1. The number of aromatic hydroxyl groups is 1. The molecule has 0 bridgehead atoms. The van der Waals surface area contributed by atoms with Gasteiger partial charge in [0.25, 0.3) is 0 Å². The van der Waals surface area contributed by atoms with Crippen LogP contribution in [0.5, 0.6) is 5.75 Å². The highest BCUT2D eigenvalue weighted by atomic mass is 35.5. The number of urea groups is 1. The maximum atomic E-state index is 14.2. The number of thioether (sulfide) groups is 1. The summed E-state index contributed by atoms with van der Waals surface area (Å²) in [5, 5.41) is 20.1. The van der Waals surface area contributed by atoms with Crippen molar-refractivity contribution in [3.8, 4) is 5.75 Å². The van der Waals surface area contributed by atoms with Gasteiger partial charge in [0.2, 0.25) is 11.8 Å². The van der Waals surface area contributed by atoms with Gasteiger partial charge < -0.3 is 31.3 Å². The van der Waals surface area contributed by atoms with Crippen molar-refractivity contribution in [2.75, 3.05) is 18.4 Å². The van der Waals surface area contributed by atoms with E-state index in [9.17, 15) is 19.5 Å². The van der Waals surface area contributed by atoms with Crippen molar-refractivity contribution in [1.29, 1.82) is 0 Å². The van der Waals surface area contributed by atoms with E-state index in [2.05, 4.69) is 15.6 Å². The van der Waals surface area contributed by atoms with Gasteiger partial charge in [-0.1, -0.05) is 53.2 Å². The number of piperazine rings is 1. The predicted octanol–water partition coefficient (Wildman–Crippen LogP) is 3.81. The molecule has 15 heteroatoms. The van der Waals surface area contributed by atoms with Crippen LogP contribution < -0.4 is 16.4 Å². The Balaban J connectivity index is 1.30. The molecule has 3 aliphatic rings. The van der Waals surface area contributed by atoms with Gasteiger partial charge in [-0.05, 0) is 55.3 Å². The molecule has 2 saturated heterocycles. The normalized spacial score (nSPS) is 21.0. The Morgan fingerprint density at radius 2 is 2.00 bits per heavy atom. The Kier molecular flexibility index (Phi) is 9.22. The molecule has 242 valence electrons. The number of amides is 4. The Morgan fingerprint density at radius 3 is 2.72 bits per heavy atom. The van der Waals surface area contributed by atoms with Gasteiger partial charge in [-0.2, -0.15) is 5.01 Å². The van der Waals surface area contributed by atoms with Crippen LogP contribution in [0.15, 0.2) is 59.6 Å². The van der Waals surface area contributed by atoms with Crippen molar-refractivity contribution in [3.05, 3.63) is 81.6 Å². The van der Waals surface area contributed by atoms with Crippen LogP contribution in [0.4, 0.5) is 10.5 Å². The van der Waals surface area contributed by atoms with Gasteiger partial charge in [-0.25, -0.2) is 4.79 Å². The number of fused-ring (bicyclic) bond motifs is 2. The van der Waals surface area contributed by atoms with Gasteiger partial charge in [-0.15, -0.1) is 0 Å². The zero-order valence-corrected chi connectivity index (χ0v) is 27.5. The molecular formula is C31H34Cl2N8O4S. The Labute approximate surface area is 280 Å². The average Bonchev–Trinajstić information content (AvgIpc) is 3.55. The van der Waals surface area contributed by atoms with Crippen LogP contribution in [0.25, 0.3) is 0 Å². The Hall–Kier alpha value is -3.75. The molecule has 0 aliphatic carbocycles. The number of para-hydroxylation sites is 1. The molecule has 4 amide bonds. The molecule has 1 aromatic heterocycles. The van der Waals surface area contributed by atoms with Crippen LogP contribution in [0.3, 0.4) is 0 Å². The Bertz CT molecular complexity index is 1660. The van der Waals surface area contributed by atoms with E-state index in [1.165, 1.54) is 24.0 Å². The summed E-state index contributed by atoms with van der Waals surface area (Å²) >= 11 is 13.7. The lowest BCUT2D eigenvalue weighted by molar-refractivity contribution is -0.158. The van der Waals surface area contributed by atoms with Crippen LogP contribution in [-0.4, -0.2) is 84.6 Å². The molecule has 46 heavy (non-hydrogen) atoms. The zero-order valence-electron chi connectivity index (χ0n) is 25.2. The number of nitrogens with two attached hydrogens (primary N) is 1. The number of carbonyl (C=O) groups excluding carboxylic acids is 3. The minimum absolute atomic E-state index is 0.00242.